The summed E-state index contributed by atoms with van der Waals surface area (Å²) in [4.78, 5) is 38.2. The van der Waals surface area contributed by atoms with Crippen molar-refractivity contribution in [2.45, 2.75) is 23.2 Å². The molecule has 1 fully saturated rings. The van der Waals surface area contributed by atoms with Crippen LogP contribution < -0.4 is 5.32 Å². The Hall–Kier alpha value is -1.30. The molecule has 146 valence electrons. The SMILES string of the molecule is CCSCC1=C(C(=O)O)N2C(=O)C(NC(=O)CS(=O)c3ccsc3)[C@@H]2SC1. The number of amides is 2. The van der Waals surface area contributed by atoms with Crippen LogP contribution in [0.2, 0.25) is 0 Å². The van der Waals surface area contributed by atoms with Gasteiger partial charge in [-0.2, -0.15) is 23.1 Å². The zero-order valence-electron chi connectivity index (χ0n) is 14.4. The molecule has 27 heavy (non-hydrogen) atoms. The zero-order valence-corrected chi connectivity index (χ0v) is 17.6. The van der Waals surface area contributed by atoms with Gasteiger partial charge in [0, 0.05) is 21.8 Å². The van der Waals surface area contributed by atoms with Gasteiger partial charge >= 0.3 is 5.97 Å². The van der Waals surface area contributed by atoms with Gasteiger partial charge in [-0.3, -0.25) is 18.7 Å². The molecule has 3 heterocycles. The first kappa shape index (κ1) is 20.4. The van der Waals surface area contributed by atoms with Gasteiger partial charge in [-0.15, -0.1) is 11.8 Å². The monoisotopic (exact) mass is 446 g/mol. The van der Waals surface area contributed by atoms with Crippen molar-refractivity contribution < 1.29 is 23.7 Å². The van der Waals surface area contributed by atoms with Crippen LogP contribution in [-0.2, 0) is 25.2 Å². The largest absolute Gasteiger partial charge is 0.477 e. The molecule has 7 nitrogen and oxygen atoms in total. The van der Waals surface area contributed by atoms with E-state index in [-0.39, 0.29) is 11.4 Å². The first-order valence-electron chi connectivity index (χ1n) is 8.11. The van der Waals surface area contributed by atoms with E-state index in [1.165, 1.54) is 28.0 Å². The van der Waals surface area contributed by atoms with Gasteiger partial charge in [0.05, 0.1) is 10.8 Å². The quantitative estimate of drug-likeness (QED) is 0.581. The lowest BCUT2D eigenvalue weighted by Crippen LogP contribution is -2.70. The number of carbonyl (C=O) groups is 3. The van der Waals surface area contributed by atoms with E-state index >= 15 is 0 Å². The van der Waals surface area contributed by atoms with Gasteiger partial charge in [0.2, 0.25) is 5.91 Å². The number of carbonyl (C=O) groups excluding carboxylic acids is 2. The molecule has 2 N–H and O–H groups in total. The van der Waals surface area contributed by atoms with Crippen LogP contribution in [0.1, 0.15) is 6.92 Å². The lowest BCUT2D eigenvalue weighted by Gasteiger charge is -2.49. The van der Waals surface area contributed by atoms with Gasteiger partial charge in [0.1, 0.15) is 22.9 Å². The number of fused-ring (bicyclic) bond motifs is 1. The van der Waals surface area contributed by atoms with E-state index in [0.29, 0.717) is 16.4 Å². The molecule has 3 atom stereocenters. The number of hydrogen-bond acceptors (Lipinski definition) is 7. The Bertz CT molecular complexity index is 808. The molecule has 0 bridgehead atoms. The second-order valence-electron chi connectivity index (χ2n) is 5.80. The minimum atomic E-state index is -1.46. The molecule has 1 saturated heterocycles. The maximum Gasteiger partial charge on any atom is 0.352 e. The van der Waals surface area contributed by atoms with Crippen LogP contribution >= 0.6 is 34.9 Å². The minimum Gasteiger partial charge on any atom is -0.477 e. The van der Waals surface area contributed by atoms with E-state index in [1.807, 2.05) is 6.92 Å². The van der Waals surface area contributed by atoms with Gasteiger partial charge < -0.3 is 10.4 Å². The van der Waals surface area contributed by atoms with Gasteiger partial charge in [-0.05, 0) is 22.8 Å². The van der Waals surface area contributed by atoms with Gasteiger partial charge in [0.15, 0.2) is 0 Å². The van der Waals surface area contributed by atoms with Crippen LogP contribution in [0.3, 0.4) is 0 Å². The van der Waals surface area contributed by atoms with Crippen molar-refractivity contribution in [1.29, 1.82) is 0 Å². The van der Waals surface area contributed by atoms with E-state index in [9.17, 15) is 23.7 Å². The fourth-order valence-corrected chi connectivity index (χ4v) is 6.89. The number of carboxylic acids is 1. The fourth-order valence-electron chi connectivity index (χ4n) is 2.82. The molecule has 0 radical (unpaired) electrons. The van der Waals surface area contributed by atoms with Crippen LogP contribution in [0.15, 0.2) is 33.0 Å². The molecule has 0 aromatic carbocycles. The number of hydrogen-bond donors (Lipinski definition) is 2. The van der Waals surface area contributed by atoms with E-state index in [4.69, 9.17) is 0 Å². The molecule has 2 amide bonds. The van der Waals surface area contributed by atoms with Gasteiger partial charge in [-0.1, -0.05) is 6.92 Å². The second-order valence-corrected chi connectivity index (χ2v) is 10.4. The van der Waals surface area contributed by atoms with E-state index in [2.05, 4.69) is 5.32 Å². The predicted molar refractivity (Wildman–Crippen MR) is 108 cm³/mol. The number of carboxylic acid groups (broad SMARTS) is 1. The smallest absolute Gasteiger partial charge is 0.352 e. The molecule has 0 spiro atoms. The van der Waals surface area contributed by atoms with Crippen LogP contribution in [0.5, 0.6) is 0 Å². The number of aliphatic carboxylic acids is 1. The highest BCUT2D eigenvalue weighted by Crippen LogP contribution is 2.41. The van der Waals surface area contributed by atoms with Gasteiger partial charge in [0.25, 0.3) is 5.91 Å². The van der Waals surface area contributed by atoms with Crippen molar-refractivity contribution in [2.24, 2.45) is 0 Å². The van der Waals surface area contributed by atoms with Crippen molar-refractivity contribution >= 4 is 63.4 Å². The van der Waals surface area contributed by atoms with Crippen molar-refractivity contribution in [1.82, 2.24) is 10.2 Å². The Morgan fingerprint density at radius 1 is 1.48 bits per heavy atom. The summed E-state index contributed by atoms with van der Waals surface area (Å²) in [6.45, 7) is 1.99. The summed E-state index contributed by atoms with van der Waals surface area (Å²) in [7, 11) is -1.46. The van der Waals surface area contributed by atoms with Crippen molar-refractivity contribution in [3.63, 3.8) is 0 Å². The zero-order chi connectivity index (χ0) is 19.6. The molecule has 2 aliphatic rings. The van der Waals surface area contributed by atoms with Crippen molar-refractivity contribution in [2.75, 3.05) is 23.0 Å². The first-order valence-corrected chi connectivity index (χ1v) is 12.6. The highest BCUT2D eigenvalue weighted by Gasteiger charge is 2.54. The number of thiophene rings is 1. The molecule has 1 aromatic heterocycles. The van der Waals surface area contributed by atoms with Crippen LogP contribution in [0.4, 0.5) is 0 Å². The first-order chi connectivity index (χ1) is 12.9. The Kier molecular flexibility index (Phi) is 6.66. The fraction of sp³-hybridized carbons (Fsp3) is 0.438. The van der Waals surface area contributed by atoms with Crippen LogP contribution in [0.25, 0.3) is 0 Å². The maximum atomic E-state index is 12.5. The third-order valence-electron chi connectivity index (χ3n) is 4.07. The van der Waals surface area contributed by atoms with Crippen molar-refractivity contribution in [3.05, 3.63) is 28.1 Å². The molecule has 2 aliphatic heterocycles. The number of β-lactam (4-membered cyclic amide) rings is 1. The maximum absolute atomic E-state index is 12.5. The highest BCUT2D eigenvalue weighted by molar-refractivity contribution is 8.01. The Morgan fingerprint density at radius 3 is 2.89 bits per heavy atom. The third kappa shape index (κ3) is 4.25. The minimum absolute atomic E-state index is 0.0389. The molecular formula is C16H18N2O5S4. The average Bonchev–Trinajstić information content (AvgIpc) is 3.18. The van der Waals surface area contributed by atoms with E-state index < -0.39 is 40.0 Å². The summed E-state index contributed by atoms with van der Waals surface area (Å²) in [5.74, 6) is -0.321. The number of nitrogens with zero attached hydrogens (tertiary/aromatic N) is 1. The molecule has 0 aliphatic carbocycles. The number of nitrogens with one attached hydrogen (secondary N) is 1. The summed E-state index contributed by atoms with van der Waals surface area (Å²) in [5, 5.41) is 15.2. The summed E-state index contributed by atoms with van der Waals surface area (Å²) in [6, 6.07) is 0.915. The summed E-state index contributed by atoms with van der Waals surface area (Å²) < 4.78 is 12.1. The van der Waals surface area contributed by atoms with Crippen LogP contribution in [0, 0.1) is 0 Å². The Balaban J connectivity index is 1.65. The average molecular weight is 447 g/mol. The summed E-state index contributed by atoms with van der Waals surface area (Å²) >= 11 is 4.45. The predicted octanol–water partition coefficient (Wildman–Crippen LogP) is 1.35. The standard InChI is InChI=1S/C16H18N2O5S4/c1-2-24-5-9-6-26-15-12(14(20)18(15)13(9)16(21)22)17-11(19)8-27(23)10-3-4-25-7-10/h3-4,7,12,15H,2,5-6,8H2,1H3,(H,17,19)(H,21,22)/t12?,15-,27?/m0/s1. The lowest BCUT2D eigenvalue weighted by molar-refractivity contribution is -0.150. The molecule has 0 saturated carbocycles. The lowest BCUT2D eigenvalue weighted by atomic mass is 10.0. The second kappa shape index (κ2) is 8.80. The highest BCUT2D eigenvalue weighted by atomic mass is 32.2. The molecular weight excluding hydrogens is 428 g/mol. The van der Waals surface area contributed by atoms with Gasteiger partial charge in [-0.25, -0.2) is 4.79 Å². The molecule has 1 aromatic rings. The topological polar surface area (TPSA) is 104 Å². The van der Waals surface area contributed by atoms with Crippen LogP contribution in [-0.4, -0.2) is 66.4 Å². The van der Waals surface area contributed by atoms with E-state index in [1.54, 1.807) is 28.6 Å². The Morgan fingerprint density at radius 2 is 2.26 bits per heavy atom. The van der Waals surface area contributed by atoms with E-state index in [0.717, 1.165) is 11.3 Å². The number of thioether (sulfide) groups is 2. The number of rotatable bonds is 8. The molecule has 3 rings (SSSR count). The molecule has 11 heteroatoms. The normalized spacial score (nSPS) is 22.9. The summed E-state index contributed by atoms with van der Waals surface area (Å²) in [5.41, 5.74) is 0.768. The third-order valence-corrected chi connectivity index (χ3v) is 8.50. The summed E-state index contributed by atoms with van der Waals surface area (Å²) in [6.07, 6.45) is 0. The Labute approximate surface area is 171 Å². The molecule has 2 unspecified atom stereocenters. The van der Waals surface area contributed by atoms with Crippen molar-refractivity contribution in [3.8, 4) is 0 Å².